The van der Waals surface area contributed by atoms with Crippen molar-refractivity contribution in [2.24, 2.45) is 40.4 Å². The van der Waals surface area contributed by atoms with Crippen molar-refractivity contribution in [2.45, 2.75) is 159 Å². The van der Waals surface area contributed by atoms with Crippen LogP contribution in [0.1, 0.15) is 79.1 Å². The SMILES string of the molecule is CC(C[C@@H](O)[C@@H](C)[C@H]1CC[C@H]2[C@@H]3CC=C4C[C@@H](O[C@@H]5O[C@H](CO[C@@H]6O[C@H](CO)[C@@H](O)[C@H](O)[C@H]6O)[C@@H](O)[C@H](O)[C@H]5O)C[C@H](O)[C@]4(C)[C@H]3CC[C@]12C)=C(CO)C(=O)O. The minimum atomic E-state index is -1.69. The van der Waals surface area contributed by atoms with Crippen molar-refractivity contribution < 1.29 is 79.9 Å². The fraction of sp³-hybridized carbons (Fsp3) is 0.875. The highest BCUT2D eigenvalue weighted by atomic mass is 16.7. The smallest absolute Gasteiger partial charge is 0.333 e. The van der Waals surface area contributed by atoms with Crippen LogP contribution in [-0.4, -0.2) is 162 Å². The second-order valence-electron chi connectivity index (χ2n) is 18.0. The molecular weight excluding hydrogens is 736 g/mol. The van der Waals surface area contributed by atoms with Crippen LogP contribution in [-0.2, 0) is 23.7 Å². The third-order valence-electron chi connectivity index (χ3n) is 15.2. The Morgan fingerprint density at radius 1 is 0.893 bits per heavy atom. The molecule has 16 heteroatoms. The number of carboxylic acids is 1. The van der Waals surface area contributed by atoms with E-state index in [0.717, 1.165) is 37.7 Å². The Hall–Kier alpha value is -1.61. The summed E-state index contributed by atoms with van der Waals surface area (Å²) in [6, 6.07) is 0. The van der Waals surface area contributed by atoms with E-state index in [1.165, 1.54) is 0 Å². The van der Waals surface area contributed by atoms with Gasteiger partial charge < -0.3 is 75.1 Å². The van der Waals surface area contributed by atoms with Gasteiger partial charge >= 0.3 is 5.97 Å². The van der Waals surface area contributed by atoms with Crippen LogP contribution in [0, 0.1) is 40.4 Å². The van der Waals surface area contributed by atoms with Gasteiger partial charge in [0.05, 0.1) is 43.7 Å². The molecule has 11 N–H and O–H groups in total. The number of ether oxygens (including phenoxy) is 4. The third-order valence-corrected chi connectivity index (χ3v) is 15.2. The zero-order chi connectivity index (χ0) is 41.0. The maximum Gasteiger partial charge on any atom is 0.333 e. The van der Waals surface area contributed by atoms with Gasteiger partial charge in [-0.3, -0.25) is 0 Å². The van der Waals surface area contributed by atoms with Crippen LogP contribution in [0.3, 0.4) is 0 Å². The molecule has 0 radical (unpaired) electrons. The molecule has 0 aromatic rings. The van der Waals surface area contributed by atoms with E-state index < -0.39 is 111 Å². The Balaban J connectivity index is 1.10. The highest BCUT2D eigenvalue weighted by Crippen LogP contribution is 2.67. The van der Waals surface area contributed by atoms with E-state index in [1.54, 1.807) is 6.92 Å². The Labute approximate surface area is 327 Å². The summed E-state index contributed by atoms with van der Waals surface area (Å²) in [6.07, 6.45) is -9.71. The first kappa shape index (κ1) is 44.0. The lowest BCUT2D eigenvalue weighted by Crippen LogP contribution is -2.62. The van der Waals surface area contributed by atoms with Gasteiger partial charge in [-0.2, -0.15) is 0 Å². The van der Waals surface area contributed by atoms with E-state index in [9.17, 15) is 61.0 Å². The molecule has 2 heterocycles. The van der Waals surface area contributed by atoms with Gasteiger partial charge in [-0.15, -0.1) is 0 Å². The van der Waals surface area contributed by atoms with Crippen molar-refractivity contribution in [3.05, 3.63) is 22.8 Å². The summed E-state index contributed by atoms with van der Waals surface area (Å²) in [6.45, 7) is 6.45. The van der Waals surface area contributed by atoms with E-state index in [1.807, 2.05) is 0 Å². The van der Waals surface area contributed by atoms with E-state index >= 15 is 0 Å². The summed E-state index contributed by atoms with van der Waals surface area (Å²) in [4.78, 5) is 11.6. The number of hydrogen-bond donors (Lipinski definition) is 11. The Morgan fingerprint density at radius 2 is 1.54 bits per heavy atom. The first-order chi connectivity index (χ1) is 26.4. The summed E-state index contributed by atoms with van der Waals surface area (Å²) in [7, 11) is 0. The number of rotatable bonds is 12. The second kappa shape index (κ2) is 17.2. The first-order valence-corrected chi connectivity index (χ1v) is 20.2. The predicted molar refractivity (Wildman–Crippen MR) is 195 cm³/mol. The fourth-order valence-corrected chi connectivity index (χ4v) is 11.7. The highest BCUT2D eigenvalue weighted by Gasteiger charge is 2.62. The van der Waals surface area contributed by atoms with Crippen LogP contribution >= 0.6 is 0 Å². The van der Waals surface area contributed by atoms with E-state index in [4.69, 9.17) is 18.9 Å². The van der Waals surface area contributed by atoms with Crippen LogP contribution in [0.4, 0.5) is 0 Å². The Bertz CT molecular complexity index is 1450. The van der Waals surface area contributed by atoms with Crippen LogP contribution in [0.2, 0.25) is 0 Å². The number of fused-ring (bicyclic) bond motifs is 5. The molecule has 0 aromatic carbocycles. The van der Waals surface area contributed by atoms with Crippen molar-refractivity contribution in [3.8, 4) is 0 Å². The van der Waals surface area contributed by atoms with Crippen molar-refractivity contribution >= 4 is 5.97 Å². The van der Waals surface area contributed by atoms with Gasteiger partial charge in [-0.25, -0.2) is 4.79 Å². The number of allylic oxidation sites excluding steroid dienone is 1. The molecule has 2 aliphatic heterocycles. The number of aliphatic hydroxyl groups is 10. The lowest BCUT2D eigenvalue weighted by Gasteiger charge is -2.60. The number of carboxylic acid groups (broad SMARTS) is 1. The average molecular weight is 801 g/mol. The third kappa shape index (κ3) is 7.78. The number of hydrogen-bond acceptors (Lipinski definition) is 15. The van der Waals surface area contributed by atoms with Crippen LogP contribution in [0.15, 0.2) is 22.8 Å². The van der Waals surface area contributed by atoms with Crippen LogP contribution in [0.5, 0.6) is 0 Å². The summed E-state index contributed by atoms with van der Waals surface area (Å²) in [5.74, 6) is -0.120. The lowest BCUT2D eigenvalue weighted by molar-refractivity contribution is -0.337. The van der Waals surface area contributed by atoms with Gasteiger partial charge in [0.25, 0.3) is 0 Å². The second-order valence-corrected chi connectivity index (χ2v) is 18.0. The van der Waals surface area contributed by atoms with Gasteiger partial charge in [-0.05, 0) is 86.9 Å². The molecule has 0 bridgehead atoms. The summed E-state index contributed by atoms with van der Waals surface area (Å²) in [5, 5.41) is 115. The molecule has 3 saturated carbocycles. The Kier molecular flexibility index (Phi) is 13.5. The van der Waals surface area contributed by atoms with E-state index in [0.29, 0.717) is 23.8 Å². The molecule has 0 amide bonds. The molecule has 6 rings (SSSR count). The van der Waals surface area contributed by atoms with Crippen molar-refractivity contribution in [2.75, 3.05) is 19.8 Å². The molecule has 2 saturated heterocycles. The normalized spacial score (nSPS) is 48.1. The van der Waals surface area contributed by atoms with Gasteiger partial charge in [-0.1, -0.05) is 38.0 Å². The lowest BCUT2D eigenvalue weighted by atomic mass is 9.46. The Morgan fingerprint density at radius 3 is 2.18 bits per heavy atom. The van der Waals surface area contributed by atoms with Gasteiger partial charge in [0, 0.05) is 11.8 Å². The molecule has 0 aromatic heterocycles. The summed E-state index contributed by atoms with van der Waals surface area (Å²) >= 11 is 0. The van der Waals surface area contributed by atoms with Crippen molar-refractivity contribution in [1.29, 1.82) is 0 Å². The fourth-order valence-electron chi connectivity index (χ4n) is 11.7. The molecule has 6 aliphatic rings. The number of carbonyl (C=O) groups is 1. The number of aliphatic carboxylic acids is 1. The molecule has 20 atom stereocenters. The van der Waals surface area contributed by atoms with Crippen molar-refractivity contribution in [1.82, 2.24) is 0 Å². The van der Waals surface area contributed by atoms with E-state index in [-0.39, 0.29) is 41.6 Å². The van der Waals surface area contributed by atoms with Gasteiger partial charge in [0.15, 0.2) is 12.6 Å². The monoisotopic (exact) mass is 800 g/mol. The quantitative estimate of drug-likeness (QED) is 0.0863. The van der Waals surface area contributed by atoms with Crippen LogP contribution in [0.25, 0.3) is 0 Å². The minimum absolute atomic E-state index is 0.0400. The zero-order valence-electron chi connectivity index (χ0n) is 32.7. The summed E-state index contributed by atoms with van der Waals surface area (Å²) < 4.78 is 23.0. The molecule has 5 fully saturated rings. The molecule has 4 aliphatic carbocycles. The van der Waals surface area contributed by atoms with E-state index in [2.05, 4.69) is 26.8 Å². The van der Waals surface area contributed by atoms with Crippen molar-refractivity contribution in [3.63, 3.8) is 0 Å². The largest absolute Gasteiger partial charge is 0.478 e. The molecular formula is C40H64O16. The predicted octanol–water partition coefficient (Wildman–Crippen LogP) is -0.674. The number of aliphatic hydroxyl groups excluding tert-OH is 10. The molecule has 56 heavy (non-hydrogen) atoms. The molecule has 0 spiro atoms. The minimum Gasteiger partial charge on any atom is -0.478 e. The van der Waals surface area contributed by atoms with Gasteiger partial charge in [0.2, 0.25) is 0 Å². The maximum atomic E-state index is 11.9. The standard InChI is InChI=1S/C40H64O16/c1-17(22(14-41)36(51)52)11-26(43)18(2)23-7-8-24-21-6-5-19-12-20(13-29(44)40(19,4)25(21)9-10-39(23,24)3)54-38-35(50)33(48)31(46)28(56-38)16-53-37-34(49)32(47)30(45)27(15-42)55-37/h5,18,20-21,23-35,37-38,41-50H,6-16H2,1-4H3,(H,51,52)/t18-,20+,21-,23+,24-,25-,26+,27+,28+,29-,30+,31+,32-,33-,34+,35+,37+,38+,39+,40-/m0/s1. The maximum absolute atomic E-state index is 11.9. The average Bonchev–Trinajstić information content (AvgIpc) is 3.51. The zero-order valence-corrected chi connectivity index (χ0v) is 32.7. The van der Waals surface area contributed by atoms with Crippen LogP contribution < -0.4 is 0 Å². The highest BCUT2D eigenvalue weighted by molar-refractivity contribution is 5.87. The molecule has 0 unspecified atom stereocenters. The molecule has 16 nitrogen and oxygen atoms in total. The first-order valence-electron chi connectivity index (χ1n) is 20.2. The molecule has 320 valence electrons. The van der Waals surface area contributed by atoms with Gasteiger partial charge in [0.1, 0.15) is 48.8 Å². The summed E-state index contributed by atoms with van der Waals surface area (Å²) in [5.41, 5.74) is 0.913. The topological polar surface area (TPSA) is 277 Å².